The molecule has 4 atom stereocenters. The molecule has 1 aliphatic rings. The normalized spacial score (nSPS) is 35.7. The van der Waals surface area contributed by atoms with E-state index in [9.17, 15) is 4.79 Å². The SMILES string of the molecule is [2H]COC[C@H]1OC[C@H](OC[2H])[C@@H](OC(C)=O)[C@H]1OC[2H]. The molecule has 0 saturated carbocycles. The molecule has 0 unspecified atom stereocenters. The van der Waals surface area contributed by atoms with E-state index >= 15 is 0 Å². The summed E-state index contributed by atoms with van der Waals surface area (Å²) in [6.45, 7) is 1.49. The van der Waals surface area contributed by atoms with Crippen molar-refractivity contribution < 1.29 is 32.6 Å². The van der Waals surface area contributed by atoms with Crippen LogP contribution in [0.3, 0.4) is 0 Å². The second-order valence-corrected chi connectivity index (χ2v) is 3.65. The van der Waals surface area contributed by atoms with Crippen LogP contribution >= 0.6 is 0 Å². The molecular weight excluding hydrogens is 228 g/mol. The molecule has 1 heterocycles. The minimum atomic E-state index is -0.767. The molecule has 100 valence electrons. The zero-order chi connectivity index (χ0) is 15.0. The first-order chi connectivity index (χ1) is 9.63. The molecule has 1 saturated heterocycles. The largest absolute Gasteiger partial charge is 0.457 e. The smallest absolute Gasteiger partial charge is 0.303 e. The fourth-order valence-electron chi connectivity index (χ4n) is 1.77. The molecular formula is C11H20O6. The topological polar surface area (TPSA) is 63.2 Å². The van der Waals surface area contributed by atoms with Crippen molar-refractivity contribution in [1.82, 2.24) is 0 Å². The van der Waals surface area contributed by atoms with Crippen molar-refractivity contribution in [3.8, 4) is 0 Å². The van der Waals surface area contributed by atoms with Crippen LogP contribution in [0.25, 0.3) is 0 Å². The quantitative estimate of drug-likeness (QED) is 0.641. The van der Waals surface area contributed by atoms with Gasteiger partial charge < -0.3 is 23.7 Å². The summed E-state index contributed by atoms with van der Waals surface area (Å²) in [5, 5.41) is 0. The van der Waals surface area contributed by atoms with Crippen molar-refractivity contribution in [2.75, 3.05) is 34.5 Å². The summed E-state index contributed by atoms with van der Waals surface area (Å²) in [4.78, 5) is 11.2. The second-order valence-electron chi connectivity index (χ2n) is 3.65. The summed E-state index contributed by atoms with van der Waals surface area (Å²) in [6.07, 6.45) is -2.68. The summed E-state index contributed by atoms with van der Waals surface area (Å²) in [6, 6.07) is 0. The van der Waals surface area contributed by atoms with E-state index in [1.54, 1.807) is 0 Å². The summed E-state index contributed by atoms with van der Waals surface area (Å²) >= 11 is 0. The molecule has 0 N–H and O–H groups in total. The van der Waals surface area contributed by atoms with Crippen molar-refractivity contribution in [1.29, 1.82) is 0 Å². The molecule has 1 fully saturated rings. The molecule has 0 amide bonds. The highest BCUT2D eigenvalue weighted by Gasteiger charge is 2.43. The van der Waals surface area contributed by atoms with E-state index in [1.807, 2.05) is 0 Å². The van der Waals surface area contributed by atoms with Crippen LogP contribution in [0, 0.1) is 0 Å². The van der Waals surface area contributed by atoms with Crippen molar-refractivity contribution in [2.45, 2.75) is 31.3 Å². The maximum atomic E-state index is 11.2. The lowest BCUT2D eigenvalue weighted by molar-refractivity contribution is -0.224. The average Bonchev–Trinajstić information content (AvgIpc) is 2.41. The van der Waals surface area contributed by atoms with E-state index in [2.05, 4.69) is 0 Å². The molecule has 17 heavy (non-hydrogen) atoms. The zero-order valence-electron chi connectivity index (χ0n) is 12.8. The lowest BCUT2D eigenvalue weighted by Crippen LogP contribution is -2.57. The lowest BCUT2D eigenvalue weighted by atomic mass is 10.00. The second kappa shape index (κ2) is 6.90. The zero-order valence-corrected chi connectivity index (χ0v) is 9.79. The fourth-order valence-corrected chi connectivity index (χ4v) is 1.77. The van der Waals surface area contributed by atoms with Crippen molar-refractivity contribution >= 4 is 5.97 Å². The van der Waals surface area contributed by atoms with Crippen molar-refractivity contribution in [3.63, 3.8) is 0 Å². The maximum Gasteiger partial charge on any atom is 0.303 e. The fraction of sp³-hybridized carbons (Fsp3) is 0.909. The molecule has 0 aromatic heterocycles. The summed E-state index contributed by atoms with van der Waals surface area (Å²) in [5.74, 6) is -0.505. The number of ether oxygens (including phenoxy) is 5. The minimum absolute atomic E-state index is 0.0968. The van der Waals surface area contributed by atoms with Gasteiger partial charge in [-0.1, -0.05) is 0 Å². The van der Waals surface area contributed by atoms with Gasteiger partial charge >= 0.3 is 5.97 Å². The van der Waals surface area contributed by atoms with Crippen LogP contribution in [-0.4, -0.2) is 64.9 Å². The van der Waals surface area contributed by atoms with Crippen LogP contribution in [0.2, 0.25) is 0 Å². The van der Waals surface area contributed by atoms with Gasteiger partial charge in [0.25, 0.3) is 0 Å². The monoisotopic (exact) mass is 251 g/mol. The lowest BCUT2D eigenvalue weighted by Gasteiger charge is -2.40. The van der Waals surface area contributed by atoms with E-state index < -0.39 is 30.4 Å². The Hall–Kier alpha value is -0.690. The molecule has 0 aromatic rings. The highest BCUT2D eigenvalue weighted by Crippen LogP contribution is 2.23. The number of methoxy groups -OCH3 is 3. The van der Waals surface area contributed by atoms with Gasteiger partial charge in [0.15, 0.2) is 6.10 Å². The summed E-state index contributed by atoms with van der Waals surface area (Å²) in [5.41, 5.74) is 0. The highest BCUT2D eigenvalue weighted by atomic mass is 16.6. The Kier molecular flexibility index (Phi) is 4.16. The minimum Gasteiger partial charge on any atom is -0.457 e. The standard InChI is InChI=1S/C11H20O6/c1-7(12)17-11-8(14-3)6-16-9(5-13-2)10(11)15-4/h8-11H,5-6H2,1-4H3/t8-,9+,10-,11+/m0/s1/i2D,3D,4D. The Morgan fingerprint density at radius 1 is 1.35 bits per heavy atom. The van der Waals surface area contributed by atoms with Crippen molar-refractivity contribution in [3.05, 3.63) is 0 Å². The third kappa shape index (κ3) is 3.64. The molecule has 6 nitrogen and oxygen atoms in total. The first kappa shape index (κ1) is 10.3. The van der Waals surface area contributed by atoms with E-state index in [1.165, 1.54) is 6.92 Å². The number of hydrogen-bond acceptors (Lipinski definition) is 6. The Labute approximate surface area is 105 Å². The van der Waals surface area contributed by atoms with Gasteiger partial charge in [-0.25, -0.2) is 0 Å². The summed E-state index contributed by atoms with van der Waals surface area (Å²) in [7, 11) is -0.859. The van der Waals surface area contributed by atoms with Gasteiger partial charge in [0.2, 0.25) is 0 Å². The number of carbonyl (C=O) groups excluding carboxylic acids is 1. The first-order valence-corrected chi connectivity index (χ1v) is 5.11. The molecule has 0 aliphatic carbocycles. The molecule has 0 spiro atoms. The Morgan fingerprint density at radius 3 is 2.82 bits per heavy atom. The van der Waals surface area contributed by atoms with Gasteiger partial charge in [0.1, 0.15) is 18.3 Å². The first-order valence-electron chi connectivity index (χ1n) is 7.23. The third-order valence-corrected chi connectivity index (χ3v) is 2.52. The van der Waals surface area contributed by atoms with Crippen LogP contribution in [0.5, 0.6) is 0 Å². The van der Waals surface area contributed by atoms with E-state index in [-0.39, 0.29) is 34.5 Å². The van der Waals surface area contributed by atoms with Gasteiger partial charge in [-0.15, -0.1) is 0 Å². The summed E-state index contributed by atoms with van der Waals surface area (Å²) < 4.78 is 47.3. The molecule has 6 heteroatoms. The highest BCUT2D eigenvalue weighted by molar-refractivity contribution is 5.66. The number of rotatable bonds is 5. The third-order valence-electron chi connectivity index (χ3n) is 2.52. The van der Waals surface area contributed by atoms with Crippen LogP contribution in [0.4, 0.5) is 0 Å². The molecule has 0 radical (unpaired) electrons. The van der Waals surface area contributed by atoms with E-state index in [0.717, 1.165) is 0 Å². The molecule has 0 aromatic carbocycles. The van der Waals surface area contributed by atoms with Crippen LogP contribution < -0.4 is 0 Å². The molecule has 0 bridgehead atoms. The van der Waals surface area contributed by atoms with Crippen LogP contribution in [0.15, 0.2) is 0 Å². The van der Waals surface area contributed by atoms with E-state index in [0.29, 0.717) is 0 Å². The molecule has 1 rings (SSSR count). The average molecular weight is 251 g/mol. The Morgan fingerprint density at radius 2 is 2.18 bits per heavy atom. The number of carbonyl (C=O) groups is 1. The van der Waals surface area contributed by atoms with Crippen LogP contribution in [0.1, 0.15) is 11.0 Å². The van der Waals surface area contributed by atoms with Gasteiger partial charge in [-0.3, -0.25) is 4.79 Å². The van der Waals surface area contributed by atoms with Crippen molar-refractivity contribution in [2.24, 2.45) is 0 Å². The van der Waals surface area contributed by atoms with Gasteiger partial charge in [0, 0.05) is 28.2 Å². The Balaban J connectivity index is 2.79. The number of esters is 1. The predicted octanol–water partition coefficient (Wildman–Crippen LogP) is -0.00670. The number of hydrogen-bond donors (Lipinski definition) is 0. The van der Waals surface area contributed by atoms with Gasteiger partial charge in [-0.05, 0) is 0 Å². The van der Waals surface area contributed by atoms with Gasteiger partial charge in [-0.2, -0.15) is 0 Å². The molecule has 1 aliphatic heterocycles. The maximum absolute atomic E-state index is 11.2. The van der Waals surface area contributed by atoms with E-state index in [4.69, 9.17) is 27.8 Å². The van der Waals surface area contributed by atoms with Gasteiger partial charge in [0.05, 0.1) is 17.3 Å². The Bertz CT molecular complexity index is 293. The van der Waals surface area contributed by atoms with Crippen LogP contribution in [-0.2, 0) is 28.5 Å². The predicted molar refractivity (Wildman–Crippen MR) is 58.8 cm³/mol.